The van der Waals surface area contributed by atoms with Crippen molar-refractivity contribution in [3.05, 3.63) is 48.2 Å². The van der Waals surface area contributed by atoms with Gasteiger partial charge in [-0.25, -0.2) is 0 Å². The maximum atomic E-state index is 10.5. The Labute approximate surface area is 229 Å². The topological polar surface area (TPSA) is 86.6 Å². The first-order chi connectivity index (χ1) is 18.9. The van der Waals surface area contributed by atoms with Gasteiger partial charge in [-0.3, -0.25) is 4.98 Å². The van der Waals surface area contributed by atoms with Crippen LogP contribution in [0.2, 0.25) is 0 Å². The highest BCUT2D eigenvalue weighted by Crippen LogP contribution is 2.46. The summed E-state index contributed by atoms with van der Waals surface area (Å²) in [7, 11) is 4.23. The molecule has 7 rings (SSSR count). The second kappa shape index (κ2) is 9.31. The maximum Gasteiger partial charge on any atom is 0.319 e. The van der Waals surface area contributed by atoms with Gasteiger partial charge in [0.05, 0.1) is 12.1 Å². The molecule has 3 fully saturated rings. The molecule has 2 bridgehead atoms. The predicted molar refractivity (Wildman–Crippen MR) is 155 cm³/mol. The molecule has 2 atom stereocenters. The molecule has 3 aliphatic rings. The Morgan fingerprint density at radius 2 is 1.90 bits per heavy atom. The number of ether oxygens (including phenoxy) is 1. The van der Waals surface area contributed by atoms with Crippen molar-refractivity contribution in [2.75, 3.05) is 45.2 Å². The van der Waals surface area contributed by atoms with Crippen LogP contribution in [0.1, 0.15) is 31.2 Å². The van der Waals surface area contributed by atoms with E-state index in [0.29, 0.717) is 24.7 Å². The molecule has 2 unspecified atom stereocenters. The van der Waals surface area contributed by atoms with E-state index in [0.717, 1.165) is 63.9 Å². The van der Waals surface area contributed by atoms with E-state index in [1.807, 2.05) is 30.5 Å². The number of nitrogens with one attached hydrogen (secondary N) is 1. The average Bonchev–Trinajstić information content (AvgIpc) is 3.59. The van der Waals surface area contributed by atoms with Crippen LogP contribution in [0.3, 0.4) is 0 Å². The molecule has 2 N–H and O–H groups in total. The number of anilines is 1. The number of hydrogen-bond acceptors (Lipinski definition) is 8. The van der Waals surface area contributed by atoms with Gasteiger partial charge in [0.15, 0.2) is 5.82 Å². The van der Waals surface area contributed by atoms with Crippen LogP contribution in [0.5, 0.6) is 11.8 Å². The lowest BCUT2D eigenvalue weighted by Gasteiger charge is -2.34. The smallest absolute Gasteiger partial charge is 0.319 e. The number of phenolic OH excluding ortho intramolecular Hbond substituents is 1. The Morgan fingerprint density at radius 3 is 2.64 bits per heavy atom. The molecule has 39 heavy (non-hydrogen) atoms. The van der Waals surface area contributed by atoms with Crippen molar-refractivity contribution in [2.24, 2.45) is 5.41 Å². The Bertz CT molecular complexity index is 1550. The first-order valence-electron chi connectivity index (χ1n) is 14.0. The van der Waals surface area contributed by atoms with E-state index in [2.05, 4.69) is 48.3 Å². The second-order valence-corrected chi connectivity index (χ2v) is 12.2. The summed E-state index contributed by atoms with van der Waals surface area (Å²) >= 11 is 0. The molecule has 1 aliphatic carbocycles. The minimum atomic E-state index is 0.189. The Kier molecular flexibility index (Phi) is 5.86. The predicted octanol–water partition coefficient (Wildman–Crippen LogP) is 4.52. The highest BCUT2D eigenvalue weighted by Gasteiger charge is 2.44. The average molecular weight is 525 g/mol. The quantitative estimate of drug-likeness (QED) is 0.365. The SMILES string of the molecule is Cc1cccc2cc(O)cc(-c3cnc4c(N5CC6CCC(C5)N6)nc(OCC5(CN(C)C)CC5)nc4c3)c12. The minimum Gasteiger partial charge on any atom is -0.508 e. The van der Waals surface area contributed by atoms with Crippen LogP contribution in [-0.2, 0) is 0 Å². The van der Waals surface area contributed by atoms with Crippen molar-refractivity contribution in [1.82, 2.24) is 25.2 Å². The van der Waals surface area contributed by atoms with Crippen LogP contribution >= 0.6 is 0 Å². The summed E-state index contributed by atoms with van der Waals surface area (Å²) in [6.07, 6.45) is 6.62. The molecule has 1 saturated carbocycles. The first kappa shape index (κ1) is 24.5. The number of hydrogen-bond donors (Lipinski definition) is 2. The summed E-state index contributed by atoms with van der Waals surface area (Å²) in [4.78, 5) is 19.4. The van der Waals surface area contributed by atoms with E-state index < -0.39 is 0 Å². The van der Waals surface area contributed by atoms with Crippen molar-refractivity contribution in [3.63, 3.8) is 0 Å². The Balaban J connectivity index is 1.32. The van der Waals surface area contributed by atoms with Crippen LogP contribution in [0.4, 0.5) is 5.82 Å². The van der Waals surface area contributed by atoms with E-state index in [1.54, 1.807) is 0 Å². The van der Waals surface area contributed by atoms with Crippen molar-refractivity contribution in [3.8, 4) is 22.9 Å². The van der Waals surface area contributed by atoms with Crippen molar-refractivity contribution < 1.29 is 9.84 Å². The number of piperazine rings is 1. The monoisotopic (exact) mass is 524 g/mol. The normalized spacial score (nSPS) is 21.7. The number of pyridine rings is 1. The summed E-state index contributed by atoms with van der Waals surface area (Å²) in [5.41, 5.74) is 4.77. The Morgan fingerprint density at radius 1 is 1.10 bits per heavy atom. The molecule has 2 saturated heterocycles. The number of nitrogens with zero attached hydrogens (tertiary/aromatic N) is 5. The van der Waals surface area contributed by atoms with Crippen LogP contribution in [-0.4, -0.2) is 77.4 Å². The van der Waals surface area contributed by atoms with Crippen LogP contribution in [0.25, 0.3) is 32.9 Å². The third kappa shape index (κ3) is 4.66. The van der Waals surface area contributed by atoms with Gasteiger partial charge in [-0.05, 0) is 86.8 Å². The third-order valence-electron chi connectivity index (χ3n) is 8.61. The zero-order valence-electron chi connectivity index (χ0n) is 22.9. The van der Waals surface area contributed by atoms with Crippen LogP contribution in [0.15, 0.2) is 42.6 Å². The molecule has 202 valence electrons. The molecule has 4 heterocycles. The number of phenols is 1. The molecule has 4 aromatic rings. The molecular formula is C31H36N6O2. The first-order valence-corrected chi connectivity index (χ1v) is 14.0. The summed E-state index contributed by atoms with van der Waals surface area (Å²) in [5, 5.41) is 16.4. The van der Waals surface area contributed by atoms with Gasteiger partial charge in [0.2, 0.25) is 0 Å². The van der Waals surface area contributed by atoms with E-state index in [-0.39, 0.29) is 11.2 Å². The zero-order valence-corrected chi connectivity index (χ0v) is 22.9. The van der Waals surface area contributed by atoms with Crippen molar-refractivity contribution in [2.45, 2.75) is 44.7 Å². The number of aromatic nitrogens is 3. The zero-order chi connectivity index (χ0) is 26.7. The molecular weight excluding hydrogens is 488 g/mol. The van der Waals surface area contributed by atoms with Gasteiger partial charge in [-0.1, -0.05) is 18.2 Å². The highest BCUT2D eigenvalue weighted by atomic mass is 16.5. The van der Waals surface area contributed by atoms with Crippen molar-refractivity contribution >= 4 is 27.6 Å². The van der Waals surface area contributed by atoms with E-state index in [1.165, 1.54) is 25.7 Å². The van der Waals surface area contributed by atoms with Gasteiger partial charge >= 0.3 is 6.01 Å². The van der Waals surface area contributed by atoms with Gasteiger partial charge in [-0.2, -0.15) is 9.97 Å². The van der Waals surface area contributed by atoms with E-state index in [9.17, 15) is 5.11 Å². The number of benzene rings is 2. The second-order valence-electron chi connectivity index (χ2n) is 12.2. The van der Waals surface area contributed by atoms with E-state index >= 15 is 0 Å². The fourth-order valence-electron chi connectivity index (χ4n) is 6.63. The third-order valence-corrected chi connectivity index (χ3v) is 8.61. The summed E-state index contributed by atoms with van der Waals surface area (Å²) in [6.45, 7) is 5.54. The summed E-state index contributed by atoms with van der Waals surface area (Å²) in [5.74, 6) is 1.09. The van der Waals surface area contributed by atoms with Crippen LogP contribution in [0, 0.1) is 12.3 Å². The van der Waals surface area contributed by atoms with Crippen LogP contribution < -0.4 is 15.0 Å². The number of rotatable bonds is 7. The molecule has 2 aliphatic heterocycles. The molecule has 0 amide bonds. The van der Waals surface area contributed by atoms with Crippen molar-refractivity contribution in [1.29, 1.82) is 0 Å². The van der Waals surface area contributed by atoms with Gasteiger partial charge in [-0.15, -0.1) is 0 Å². The van der Waals surface area contributed by atoms with Gasteiger partial charge in [0, 0.05) is 48.9 Å². The standard InChI is InChI=1S/C31H36N6O2/c1-19-5-4-6-20-11-24(38)13-25(27(19)20)21-12-26-28(32-14-21)29(37-15-22-7-8-23(16-37)33-22)35-30(34-26)39-18-31(9-10-31)17-36(2)3/h4-6,11-14,22-23,33,38H,7-10,15-18H2,1-3H3. The summed E-state index contributed by atoms with van der Waals surface area (Å²) in [6, 6.07) is 13.2. The van der Waals surface area contributed by atoms with E-state index in [4.69, 9.17) is 19.7 Å². The lowest BCUT2D eigenvalue weighted by Crippen LogP contribution is -2.51. The highest BCUT2D eigenvalue weighted by molar-refractivity contribution is 6.01. The molecule has 2 aromatic carbocycles. The molecule has 0 spiro atoms. The lowest BCUT2D eigenvalue weighted by molar-refractivity contribution is 0.183. The summed E-state index contributed by atoms with van der Waals surface area (Å²) < 4.78 is 6.34. The molecule has 2 aromatic heterocycles. The number of aromatic hydroxyl groups is 1. The lowest BCUT2D eigenvalue weighted by atomic mass is 9.95. The molecule has 8 heteroatoms. The minimum absolute atomic E-state index is 0.189. The van der Waals surface area contributed by atoms with Gasteiger partial charge < -0.3 is 25.0 Å². The molecule has 0 radical (unpaired) electrons. The maximum absolute atomic E-state index is 10.5. The fourth-order valence-corrected chi connectivity index (χ4v) is 6.63. The Hall–Kier alpha value is -3.49. The fraction of sp³-hybridized carbons (Fsp3) is 0.452. The number of aryl methyl sites for hydroxylation is 1. The molecule has 8 nitrogen and oxygen atoms in total. The van der Waals surface area contributed by atoms with Gasteiger partial charge in [0.25, 0.3) is 0 Å². The number of fused-ring (bicyclic) bond motifs is 4. The largest absolute Gasteiger partial charge is 0.508 e. The van der Waals surface area contributed by atoms with Gasteiger partial charge in [0.1, 0.15) is 11.3 Å².